The maximum absolute atomic E-state index is 13.8. The van der Waals surface area contributed by atoms with E-state index in [2.05, 4.69) is 5.32 Å². The molecular weight excluding hydrogens is 472 g/mol. The SMILES string of the molecule is CC(C)[C@@H](C(=O)N1C[C@H](O)C[C@H]1C(=O)NCc1ccc(/C(C=O)=C/N)cc1)N1Cc2ccccc2C1=O. The number of nitrogens with zero attached hydrogens (tertiary/aromatic N) is 2. The van der Waals surface area contributed by atoms with E-state index in [0.29, 0.717) is 29.5 Å². The molecule has 4 rings (SSSR count). The minimum Gasteiger partial charge on any atom is -0.404 e. The number of benzene rings is 2. The summed E-state index contributed by atoms with van der Waals surface area (Å²) < 4.78 is 0. The third-order valence-electron chi connectivity index (χ3n) is 6.99. The number of hydrogen-bond donors (Lipinski definition) is 3. The lowest BCUT2D eigenvalue weighted by molar-refractivity contribution is -0.143. The van der Waals surface area contributed by atoms with E-state index >= 15 is 0 Å². The minimum absolute atomic E-state index is 0.0315. The van der Waals surface area contributed by atoms with Gasteiger partial charge in [0.05, 0.1) is 6.10 Å². The first-order chi connectivity index (χ1) is 17.7. The maximum atomic E-state index is 13.8. The van der Waals surface area contributed by atoms with Gasteiger partial charge in [-0.3, -0.25) is 19.2 Å². The summed E-state index contributed by atoms with van der Waals surface area (Å²) in [7, 11) is 0. The number of β-amino-alcohol motifs (C(OH)–C–C–N with tert-alkyl or cyclic N) is 1. The molecular formula is C28H32N4O5. The number of aliphatic hydroxyl groups is 1. The topological polar surface area (TPSA) is 133 Å². The highest BCUT2D eigenvalue weighted by Crippen LogP contribution is 2.30. The molecule has 0 unspecified atom stereocenters. The van der Waals surface area contributed by atoms with Crippen molar-refractivity contribution >= 4 is 29.6 Å². The number of nitrogens with one attached hydrogen (secondary N) is 1. The fraction of sp³-hybridized carbons (Fsp3) is 0.357. The van der Waals surface area contributed by atoms with Crippen LogP contribution in [0.1, 0.15) is 47.3 Å². The van der Waals surface area contributed by atoms with Gasteiger partial charge in [-0.05, 0) is 28.7 Å². The number of amides is 3. The average molecular weight is 505 g/mol. The van der Waals surface area contributed by atoms with Gasteiger partial charge in [0.2, 0.25) is 11.8 Å². The van der Waals surface area contributed by atoms with Crippen molar-refractivity contribution in [2.24, 2.45) is 11.7 Å². The van der Waals surface area contributed by atoms with Crippen LogP contribution in [0.3, 0.4) is 0 Å². The van der Waals surface area contributed by atoms with Crippen LogP contribution in [-0.2, 0) is 27.5 Å². The van der Waals surface area contributed by atoms with Crippen LogP contribution >= 0.6 is 0 Å². The summed E-state index contributed by atoms with van der Waals surface area (Å²) in [5.74, 6) is -1.10. The highest BCUT2D eigenvalue weighted by Gasteiger charge is 2.45. The summed E-state index contributed by atoms with van der Waals surface area (Å²) in [5, 5.41) is 13.2. The number of carbonyl (C=O) groups excluding carboxylic acids is 4. The Morgan fingerprint density at radius 3 is 2.49 bits per heavy atom. The van der Waals surface area contributed by atoms with Crippen molar-refractivity contribution in [1.82, 2.24) is 15.1 Å². The molecule has 2 heterocycles. The van der Waals surface area contributed by atoms with Crippen molar-refractivity contribution in [3.63, 3.8) is 0 Å². The normalized spacial score (nSPS) is 20.2. The molecule has 0 saturated carbocycles. The van der Waals surface area contributed by atoms with Crippen LogP contribution in [0.15, 0.2) is 54.7 Å². The molecule has 0 spiro atoms. The Morgan fingerprint density at radius 2 is 1.86 bits per heavy atom. The van der Waals surface area contributed by atoms with Gasteiger partial charge in [0.1, 0.15) is 12.1 Å². The average Bonchev–Trinajstić information content (AvgIpc) is 3.44. The molecule has 0 bridgehead atoms. The van der Waals surface area contributed by atoms with Gasteiger partial charge in [-0.2, -0.15) is 0 Å². The van der Waals surface area contributed by atoms with Crippen LogP contribution in [0, 0.1) is 5.92 Å². The van der Waals surface area contributed by atoms with Gasteiger partial charge in [0, 0.05) is 43.4 Å². The summed E-state index contributed by atoms with van der Waals surface area (Å²) in [6, 6.07) is 12.7. The van der Waals surface area contributed by atoms with E-state index in [9.17, 15) is 24.3 Å². The second kappa shape index (κ2) is 11.0. The lowest BCUT2D eigenvalue weighted by atomic mass is 10.0. The number of likely N-dealkylation sites (tertiary alicyclic amines) is 1. The molecule has 194 valence electrons. The third kappa shape index (κ3) is 5.27. The zero-order valence-electron chi connectivity index (χ0n) is 21.0. The molecule has 37 heavy (non-hydrogen) atoms. The Bertz CT molecular complexity index is 1220. The number of rotatable bonds is 8. The van der Waals surface area contributed by atoms with Crippen molar-refractivity contribution in [3.05, 3.63) is 77.0 Å². The van der Waals surface area contributed by atoms with E-state index in [4.69, 9.17) is 5.73 Å². The van der Waals surface area contributed by atoms with E-state index in [0.717, 1.165) is 11.1 Å². The molecule has 0 aliphatic carbocycles. The van der Waals surface area contributed by atoms with Crippen LogP contribution in [0.5, 0.6) is 0 Å². The van der Waals surface area contributed by atoms with Gasteiger partial charge >= 0.3 is 0 Å². The Morgan fingerprint density at radius 1 is 1.16 bits per heavy atom. The first-order valence-corrected chi connectivity index (χ1v) is 12.4. The smallest absolute Gasteiger partial charge is 0.255 e. The van der Waals surface area contributed by atoms with Crippen LogP contribution in [0.4, 0.5) is 0 Å². The number of allylic oxidation sites excluding steroid dienone is 1. The first-order valence-electron chi connectivity index (χ1n) is 12.4. The van der Waals surface area contributed by atoms with Gasteiger partial charge in [-0.25, -0.2) is 0 Å². The molecule has 3 amide bonds. The number of fused-ring (bicyclic) bond motifs is 1. The summed E-state index contributed by atoms with van der Waals surface area (Å²) in [6.45, 7) is 4.33. The molecule has 0 aromatic heterocycles. The van der Waals surface area contributed by atoms with Crippen molar-refractivity contribution < 1.29 is 24.3 Å². The number of carbonyl (C=O) groups is 4. The molecule has 0 radical (unpaired) electrons. The predicted molar refractivity (Wildman–Crippen MR) is 138 cm³/mol. The van der Waals surface area contributed by atoms with Crippen LogP contribution in [-0.4, -0.2) is 63.6 Å². The van der Waals surface area contributed by atoms with Crippen molar-refractivity contribution in [1.29, 1.82) is 0 Å². The summed E-state index contributed by atoms with van der Waals surface area (Å²) >= 11 is 0. The monoisotopic (exact) mass is 504 g/mol. The molecule has 9 nitrogen and oxygen atoms in total. The van der Waals surface area contributed by atoms with Gasteiger partial charge in [0.25, 0.3) is 5.91 Å². The lowest BCUT2D eigenvalue weighted by Crippen LogP contribution is -2.55. The van der Waals surface area contributed by atoms with E-state index in [1.807, 2.05) is 26.0 Å². The van der Waals surface area contributed by atoms with E-state index in [-0.39, 0.29) is 43.1 Å². The summed E-state index contributed by atoms with van der Waals surface area (Å²) in [4.78, 5) is 54.0. The van der Waals surface area contributed by atoms with Crippen molar-refractivity contribution in [2.45, 2.75) is 51.5 Å². The predicted octanol–water partition coefficient (Wildman–Crippen LogP) is 1.44. The third-order valence-corrected chi connectivity index (χ3v) is 6.99. The number of aliphatic hydroxyl groups excluding tert-OH is 1. The zero-order chi connectivity index (χ0) is 26.7. The maximum Gasteiger partial charge on any atom is 0.255 e. The van der Waals surface area contributed by atoms with Gasteiger partial charge < -0.3 is 26.0 Å². The Labute approximate surface area is 215 Å². The van der Waals surface area contributed by atoms with Gasteiger partial charge in [0.15, 0.2) is 6.29 Å². The van der Waals surface area contributed by atoms with Gasteiger partial charge in [-0.1, -0.05) is 56.3 Å². The number of nitrogens with two attached hydrogens (primary N) is 1. The molecule has 1 fully saturated rings. The Balaban J connectivity index is 1.46. The van der Waals surface area contributed by atoms with E-state index in [1.165, 1.54) is 11.1 Å². The van der Waals surface area contributed by atoms with E-state index in [1.54, 1.807) is 41.3 Å². The van der Waals surface area contributed by atoms with Crippen molar-refractivity contribution in [3.8, 4) is 0 Å². The Hall–Kier alpha value is -3.98. The quantitative estimate of drug-likeness (QED) is 0.368. The largest absolute Gasteiger partial charge is 0.404 e. The highest BCUT2D eigenvalue weighted by atomic mass is 16.3. The number of hydrogen-bond acceptors (Lipinski definition) is 6. The fourth-order valence-corrected chi connectivity index (χ4v) is 5.08. The molecule has 3 atom stereocenters. The summed E-state index contributed by atoms with van der Waals surface area (Å²) in [5.41, 5.74) is 8.75. The highest BCUT2D eigenvalue weighted by molar-refractivity contribution is 6.06. The standard InChI is InChI=1S/C28H32N4O5/c1-17(2)25(32-14-20-5-3-4-6-23(20)27(32)36)28(37)31-15-22(34)11-24(31)26(35)30-13-18-7-9-19(10-8-18)21(12-29)16-33/h3-10,12,16-17,22,24-25,34H,11,13-15,29H2,1-2H3,(H,30,35)/b21-12+/t22-,24+,25+/m1/s1. The van der Waals surface area contributed by atoms with Crippen LogP contribution < -0.4 is 11.1 Å². The first kappa shape index (κ1) is 26.1. The minimum atomic E-state index is -0.843. The molecule has 9 heteroatoms. The van der Waals surface area contributed by atoms with Gasteiger partial charge in [-0.15, -0.1) is 0 Å². The second-order valence-electron chi connectivity index (χ2n) is 9.83. The molecule has 2 aromatic rings. The van der Waals surface area contributed by atoms with Crippen molar-refractivity contribution in [2.75, 3.05) is 6.54 Å². The number of aldehydes is 1. The molecule has 4 N–H and O–H groups in total. The second-order valence-corrected chi connectivity index (χ2v) is 9.83. The Kier molecular flexibility index (Phi) is 7.73. The van der Waals surface area contributed by atoms with Crippen LogP contribution in [0.2, 0.25) is 0 Å². The fourth-order valence-electron chi connectivity index (χ4n) is 5.08. The molecule has 1 saturated heterocycles. The zero-order valence-corrected chi connectivity index (χ0v) is 21.0. The lowest BCUT2D eigenvalue weighted by Gasteiger charge is -2.35. The van der Waals surface area contributed by atoms with E-state index < -0.39 is 18.2 Å². The molecule has 2 aromatic carbocycles. The molecule has 2 aliphatic rings. The van der Waals surface area contributed by atoms with Crippen LogP contribution in [0.25, 0.3) is 5.57 Å². The molecule has 2 aliphatic heterocycles. The summed E-state index contributed by atoms with van der Waals surface area (Å²) in [6.07, 6.45) is 1.20.